The van der Waals surface area contributed by atoms with E-state index in [1.807, 2.05) is 25.1 Å². The van der Waals surface area contributed by atoms with Gasteiger partial charge in [0.15, 0.2) is 0 Å². The molecule has 0 fully saturated rings. The van der Waals surface area contributed by atoms with Gasteiger partial charge in [-0.25, -0.2) is 0 Å². The molecular weight excluding hydrogens is 148 g/mol. The fourth-order valence-corrected chi connectivity index (χ4v) is 1.11. The second kappa shape index (κ2) is 3.89. The summed E-state index contributed by atoms with van der Waals surface area (Å²) < 4.78 is 0. The molecule has 0 aliphatic carbocycles. The first-order chi connectivity index (χ1) is 5.77. The molecule has 0 heterocycles. The highest BCUT2D eigenvalue weighted by Gasteiger charge is 1.97. The summed E-state index contributed by atoms with van der Waals surface area (Å²) in [4.78, 5) is 0. The third kappa shape index (κ3) is 1.84. The highest BCUT2D eigenvalue weighted by atomic mass is 14.5. The minimum Gasteiger partial charge on any atom is -0.330 e. The molecule has 2 nitrogen and oxygen atoms in total. The number of rotatable bonds is 2. The number of hydrogen-bond acceptors (Lipinski definition) is 2. The lowest BCUT2D eigenvalue weighted by molar-refractivity contribution is 0.967. The topological polar surface area (TPSA) is 49.8 Å². The van der Waals surface area contributed by atoms with Crippen LogP contribution in [0.15, 0.2) is 18.2 Å². The van der Waals surface area contributed by atoms with Gasteiger partial charge in [-0.15, -0.1) is 0 Å². The van der Waals surface area contributed by atoms with Crippen LogP contribution < -0.4 is 5.73 Å². The summed E-state index contributed by atoms with van der Waals surface area (Å²) in [6.45, 7) is 2.57. The average molecular weight is 160 g/mol. The number of hydrogen-bond donors (Lipinski definition) is 1. The summed E-state index contributed by atoms with van der Waals surface area (Å²) in [7, 11) is 0. The quantitative estimate of drug-likeness (QED) is 0.710. The van der Waals surface area contributed by atoms with E-state index in [1.54, 1.807) is 0 Å². The summed E-state index contributed by atoms with van der Waals surface area (Å²) >= 11 is 0. The highest BCUT2D eigenvalue weighted by molar-refractivity contribution is 5.39. The molecular formula is C10H12N2. The molecule has 0 saturated heterocycles. The number of nitrogens with zero attached hydrogens (tertiary/aromatic N) is 1. The van der Waals surface area contributed by atoms with Gasteiger partial charge in [0.1, 0.15) is 0 Å². The Morgan fingerprint density at radius 3 is 2.83 bits per heavy atom. The molecule has 62 valence electrons. The molecule has 1 aromatic rings. The van der Waals surface area contributed by atoms with E-state index < -0.39 is 0 Å². The average Bonchev–Trinajstić information content (AvgIpc) is 2.09. The molecule has 0 unspecified atom stereocenters. The van der Waals surface area contributed by atoms with Gasteiger partial charge < -0.3 is 5.73 Å². The maximum absolute atomic E-state index is 8.73. The van der Waals surface area contributed by atoms with Crippen molar-refractivity contribution in [1.82, 2.24) is 0 Å². The Kier molecular flexibility index (Phi) is 2.84. The van der Waals surface area contributed by atoms with Crippen molar-refractivity contribution >= 4 is 0 Å². The molecule has 12 heavy (non-hydrogen) atoms. The van der Waals surface area contributed by atoms with Crippen molar-refractivity contribution in [3.8, 4) is 6.07 Å². The first-order valence-corrected chi connectivity index (χ1v) is 3.97. The Morgan fingerprint density at radius 1 is 1.50 bits per heavy atom. The van der Waals surface area contributed by atoms with Gasteiger partial charge >= 0.3 is 0 Å². The Morgan fingerprint density at radius 2 is 2.25 bits per heavy atom. The van der Waals surface area contributed by atoms with Gasteiger partial charge in [-0.3, -0.25) is 0 Å². The van der Waals surface area contributed by atoms with Gasteiger partial charge in [0.25, 0.3) is 0 Å². The van der Waals surface area contributed by atoms with Gasteiger partial charge in [-0.05, 0) is 37.1 Å². The number of nitriles is 1. The van der Waals surface area contributed by atoms with Crippen LogP contribution in [-0.2, 0) is 6.42 Å². The fourth-order valence-electron chi connectivity index (χ4n) is 1.11. The number of benzene rings is 1. The number of nitrogens with two attached hydrogens (primary N) is 1. The lowest BCUT2D eigenvalue weighted by Crippen LogP contribution is -2.02. The van der Waals surface area contributed by atoms with Crippen LogP contribution in [0.4, 0.5) is 0 Å². The molecule has 0 saturated carbocycles. The van der Waals surface area contributed by atoms with Crippen molar-refractivity contribution in [2.45, 2.75) is 13.3 Å². The van der Waals surface area contributed by atoms with Crippen LogP contribution in [0.2, 0.25) is 0 Å². The molecule has 0 bridgehead atoms. The number of aryl methyl sites for hydroxylation is 1. The standard InChI is InChI=1S/C10H12N2/c1-8-2-3-9(4-5-11)6-10(8)7-12/h2-3,6H,4-5,11H2,1H3. The second-order valence-electron chi connectivity index (χ2n) is 2.80. The van der Waals surface area contributed by atoms with Gasteiger partial charge in [-0.1, -0.05) is 12.1 Å². The molecule has 1 aromatic carbocycles. The predicted molar refractivity (Wildman–Crippen MR) is 48.7 cm³/mol. The van der Waals surface area contributed by atoms with Crippen LogP contribution in [-0.4, -0.2) is 6.54 Å². The van der Waals surface area contributed by atoms with Crippen LogP contribution in [0, 0.1) is 18.3 Å². The van der Waals surface area contributed by atoms with Crippen molar-refractivity contribution in [2.75, 3.05) is 6.54 Å². The Bertz CT molecular complexity index is 310. The zero-order chi connectivity index (χ0) is 8.97. The van der Waals surface area contributed by atoms with Gasteiger partial charge in [0.2, 0.25) is 0 Å². The summed E-state index contributed by atoms with van der Waals surface area (Å²) in [6, 6.07) is 8.04. The van der Waals surface area contributed by atoms with E-state index in [2.05, 4.69) is 6.07 Å². The summed E-state index contributed by atoms with van der Waals surface area (Å²) in [5.41, 5.74) is 8.32. The first kappa shape index (κ1) is 8.76. The van der Waals surface area contributed by atoms with Crippen LogP contribution in [0.3, 0.4) is 0 Å². The van der Waals surface area contributed by atoms with E-state index in [-0.39, 0.29) is 0 Å². The normalized spacial score (nSPS) is 9.42. The molecule has 2 N–H and O–H groups in total. The van der Waals surface area contributed by atoms with E-state index in [4.69, 9.17) is 11.0 Å². The van der Waals surface area contributed by atoms with E-state index in [0.717, 1.165) is 23.1 Å². The SMILES string of the molecule is Cc1ccc(CCN)cc1C#N. The van der Waals surface area contributed by atoms with Gasteiger partial charge in [0.05, 0.1) is 11.6 Å². The zero-order valence-corrected chi connectivity index (χ0v) is 7.17. The van der Waals surface area contributed by atoms with Crippen molar-refractivity contribution in [2.24, 2.45) is 5.73 Å². The van der Waals surface area contributed by atoms with Crippen LogP contribution in [0.5, 0.6) is 0 Å². The van der Waals surface area contributed by atoms with E-state index >= 15 is 0 Å². The van der Waals surface area contributed by atoms with Crippen LogP contribution >= 0.6 is 0 Å². The molecule has 0 aromatic heterocycles. The van der Waals surface area contributed by atoms with Crippen molar-refractivity contribution in [3.63, 3.8) is 0 Å². The summed E-state index contributed by atoms with van der Waals surface area (Å²) in [5.74, 6) is 0. The third-order valence-corrected chi connectivity index (χ3v) is 1.86. The maximum Gasteiger partial charge on any atom is 0.0994 e. The minimum absolute atomic E-state index is 0.633. The predicted octanol–water partition coefficient (Wildman–Crippen LogP) is 1.37. The Hall–Kier alpha value is -1.33. The summed E-state index contributed by atoms with van der Waals surface area (Å²) in [5, 5.41) is 8.73. The van der Waals surface area contributed by atoms with Gasteiger partial charge in [-0.2, -0.15) is 5.26 Å². The largest absolute Gasteiger partial charge is 0.330 e. The Labute approximate surface area is 72.6 Å². The molecule has 1 rings (SSSR count). The fraction of sp³-hybridized carbons (Fsp3) is 0.300. The molecule has 0 atom stereocenters. The molecule has 0 spiro atoms. The molecule has 0 aliphatic heterocycles. The van der Waals surface area contributed by atoms with E-state index in [0.29, 0.717) is 6.54 Å². The monoisotopic (exact) mass is 160 g/mol. The highest BCUT2D eigenvalue weighted by Crippen LogP contribution is 2.09. The van der Waals surface area contributed by atoms with Crippen molar-refractivity contribution in [1.29, 1.82) is 5.26 Å². The smallest absolute Gasteiger partial charge is 0.0994 e. The Balaban J connectivity index is 2.99. The molecule has 0 amide bonds. The third-order valence-electron chi connectivity index (χ3n) is 1.86. The van der Waals surface area contributed by atoms with Crippen molar-refractivity contribution < 1.29 is 0 Å². The summed E-state index contributed by atoms with van der Waals surface area (Å²) in [6.07, 6.45) is 0.842. The first-order valence-electron chi connectivity index (χ1n) is 3.97. The lowest BCUT2D eigenvalue weighted by Gasteiger charge is -2.01. The van der Waals surface area contributed by atoms with E-state index in [9.17, 15) is 0 Å². The van der Waals surface area contributed by atoms with Crippen LogP contribution in [0.1, 0.15) is 16.7 Å². The lowest BCUT2D eigenvalue weighted by atomic mass is 10.0. The van der Waals surface area contributed by atoms with Crippen LogP contribution in [0.25, 0.3) is 0 Å². The molecule has 0 radical (unpaired) electrons. The molecule has 0 aliphatic rings. The van der Waals surface area contributed by atoms with Crippen molar-refractivity contribution in [3.05, 3.63) is 34.9 Å². The second-order valence-corrected chi connectivity index (χ2v) is 2.80. The zero-order valence-electron chi connectivity index (χ0n) is 7.17. The van der Waals surface area contributed by atoms with Gasteiger partial charge in [0, 0.05) is 0 Å². The molecule has 2 heteroatoms. The van der Waals surface area contributed by atoms with E-state index in [1.165, 1.54) is 0 Å². The minimum atomic E-state index is 0.633. The maximum atomic E-state index is 8.73.